The number of hydrogen-bond donors (Lipinski definition) is 1. The topological polar surface area (TPSA) is 78.4 Å². The number of nitrogens with one attached hydrogen (secondary N) is 1. The predicted molar refractivity (Wildman–Crippen MR) is 117 cm³/mol. The van der Waals surface area contributed by atoms with Crippen molar-refractivity contribution in [1.29, 1.82) is 0 Å². The Morgan fingerprint density at radius 3 is 2.30 bits per heavy atom. The summed E-state index contributed by atoms with van der Waals surface area (Å²) in [5.41, 5.74) is 2.36. The molecule has 2 amide bonds. The number of piperazine rings is 1. The average Bonchev–Trinajstić information content (AvgIpc) is 3.59. The number of anilines is 2. The summed E-state index contributed by atoms with van der Waals surface area (Å²) < 4.78 is 0. The molecule has 1 aliphatic carbocycles. The van der Waals surface area contributed by atoms with Crippen LogP contribution in [0.1, 0.15) is 54.5 Å². The van der Waals surface area contributed by atoms with E-state index in [0.717, 1.165) is 49.0 Å². The monoisotopic (exact) mass is 407 g/mol. The van der Waals surface area contributed by atoms with E-state index >= 15 is 0 Å². The Hall–Kier alpha value is -2.96. The second-order valence-corrected chi connectivity index (χ2v) is 8.50. The lowest BCUT2D eigenvalue weighted by Gasteiger charge is -2.35. The summed E-state index contributed by atoms with van der Waals surface area (Å²) in [6, 6.07) is 9.21. The largest absolute Gasteiger partial charge is 0.353 e. The number of carbonyl (C=O) groups excluding carboxylic acids is 2. The van der Waals surface area contributed by atoms with Crippen LogP contribution >= 0.6 is 0 Å². The molecule has 4 rings (SSSR count). The zero-order valence-electron chi connectivity index (χ0n) is 17.9. The molecule has 0 spiro atoms. The van der Waals surface area contributed by atoms with Crippen LogP contribution < -0.4 is 10.2 Å². The standard InChI is InChI=1S/C23H29N5O2/c1-15(2)21-24-16(3)14-20(26-21)27-10-12-28(13-11-27)23(30)18-6-8-19(9-7-18)25-22(29)17-4-5-17/h6-9,14-15,17H,4-5,10-13H2,1-3H3,(H,25,29). The van der Waals surface area contributed by atoms with Crippen molar-refractivity contribution in [3.05, 3.63) is 47.4 Å². The van der Waals surface area contributed by atoms with E-state index in [2.05, 4.69) is 29.0 Å². The number of aryl methyl sites for hydroxylation is 1. The van der Waals surface area contributed by atoms with Gasteiger partial charge in [-0.1, -0.05) is 13.8 Å². The maximum absolute atomic E-state index is 12.9. The van der Waals surface area contributed by atoms with Gasteiger partial charge in [-0.15, -0.1) is 0 Å². The van der Waals surface area contributed by atoms with Gasteiger partial charge in [-0.25, -0.2) is 9.97 Å². The Kier molecular flexibility index (Phi) is 5.70. The van der Waals surface area contributed by atoms with Crippen LogP contribution in [0.5, 0.6) is 0 Å². The number of carbonyl (C=O) groups is 2. The molecule has 0 unspecified atom stereocenters. The highest BCUT2D eigenvalue weighted by Gasteiger charge is 2.29. The molecular formula is C23H29N5O2. The Morgan fingerprint density at radius 2 is 1.70 bits per heavy atom. The lowest BCUT2D eigenvalue weighted by Crippen LogP contribution is -2.49. The number of hydrogen-bond acceptors (Lipinski definition) is 5. The van der Waals surface area contributed by atoms with Gasteiger partial charge in [0.25, 0.3) is 5.91 Å². The number of amides is 2. The first-order valence-corrected chi connectivity index (χ1v) is 10.7. The Balaban J connectivity index is 1.35. The van der Waals surface area contributed by atoms with Crippen molar-refractivity contribution in [2.45, 2.75) is 39.5 Å². The van der Waals surface area contributed by atoms with Crippen molar-refractivity contribution in [1.82, 2.24) is 14.9 Å². The molecule has 7 nitrogen and oxygen atoms in total. The van der Waals surface area contributed by atoms with Gasteiger partial charge in [-0.3, -0.25) is 9.59 Å². The summed E-state index contributed by atoms with van der Waals surface area (Å²) in [6.45, 7) is 8.98. The molecule has 0 atom stereocenters. The second-order valence-electron chi connectivity index (χ2n) is 8.50. The normalized spacial score (nSPS) is 16.7. The van der Waals surface area contributed by atoms with Crippen molar-refractivity contribution in [3.8, 4) is 0 Å². The van der Waals surface area contributed by atoms with Crippen molar-refractivity contribution in [3.63, 3.8) is 0 Å². The minimum atomic E-state index is 0.0245. The zero-order valence-corrected chi connectivity index (χ0v) is 17.9. The van der Waals surface area contributed by atoms with Crippen LogP contribution in [0, 0.1) is 12.8 Å². The van der Waals surface area contributed by atoms with Gasteiger partial charge >= 0.3 is 0 Å². The van der Waals surface area contributed by atoms with Crippen LogP contribution in [-0.2, 0) is 4.79 Å². The molecule has 1 aromatic carbocycles. The first-order chi connectivity index (χ1) is 14.4. The molecule has 2 heterocycles. The van der Waals surface area contributed by atoms with Crippen LogP contribution in [-0.4, -0.2) is 52.9 Å². The fourth-order valence-corrected chi connectivity index (χ4v) is 3.60. The molecular weight excluding hydrogens is 378 g/mol. The quantitative estimate of drug-likeness (QED) is 0.823. The van der Waals surface area contributed by atoms with Gasteiger partial charge in [0.1, 0.15) is 11.6 Å². The van der Waals surface area contributed by atoms with Crippen LogP contribution in [0.4, 0.5) is 11.5 Å². The first kappa shape index (κ1) is 20.3. The van der Waals surface area contributed by atoms with Gasteiger partial charge in [-0.05, 0) is 44.0 Å². The first-order valence-electron chi connectivity index (χ1n) is 10.7. The molecule has 2 aliphatic rings. The van der Waals surface area contributed by atoms with Gasteiger partial charge < -0.3 is 15.1 Å². The molecule has 2 fully saturated rings. The molecule has 1 saturated carbocycles. The number of benzene rings is 1. The van der Waals surface area contributed by atoms with E-state index in [4.69, 9.17) is 4.98 Å². The van der Waals surface area contributed by atoms with Crippen LogP contribution in [0.2, 0.25) is 0 Å². The number of aromatic nitrogens is 2. The third kappa shape index (κ3) is 4.61. The molecule has 1 aliphatic heterocycles. The van der Waals surface area contributed by atoms with Gasteiger partial charge in [0.2, 0.25) is 5.91 Å². The minimum absolute atomic E-state index is 0.0245. The summed E-state index contributed by atoms with van der Waals surface area (Å²) in [5.74, 6) is 2.34. The van der Waals surface area contributed by atoms with Gasteiger partial charge in [-0.2, -0.15) is 0 Å². The summed E-state index contributed by atoms with van der Waals surface area (Å²) in [4.78, 5) is 38.1. The average molecular weight is 408 g/mol. The molecule has 30 heavy (non-hydrogen) atoms. The fourth-order valence-electron chi connectivity index (χ4n) is 3.60. The predicted octanol–water partition coefficient (Wildman–Crippen LogP) is 3.22. The SMILES string of the molecule is Cc1cc(N2CCN(C(=O)c3ccc(NC(=O)C4CC4)cc3)CC2)nc(C(C)C)n1. The van der Waals surface area contributed by atoms with Gasteiger partial charge in [0.05, 0.1) is 0 Å². The molecule has 0 radical (unpaired) electrons. The van der Waals surface area contributed by atoms with Crippen LogP contribution in [0.15, 0.2) is 30.3 Å². The Bertz CT molecular complexity index is 929. The second kappa shape index (κ2) is 8.42. The highest BCUT2D eigenvalue weighted by atomic mass is 16.2. The molecule has 1 aromatic heterocycles. The number of nitrogens with zero attached hydrogens (tertiary/aromatic N) is 4. The molecule has 158 valence electrons. The molecule has 1 saturated heterocycles. The van der Waals surface area contributed by atoms with E-state index in [1.807, 2.05) is 17.9 Å². The fraction of sp³-hybridized carbons (Fsp3) is 0.478. The summed E-state index contributed by atoms with van der Waals surface area (Å²) >= 11 is 0. The minimum Gasteiger partial charge on any atom is -0.353 e. The van der Waals surface area contributed by atoms with Crippen molar-refractivity contribution < 1.29 is 9.59 Å². The highest BCUT2D eigenvalue weighted by Crippen LogP contribution is 2.30. The Morgan fingerprint density at radius 1 is 1.03 bits per heavy atom. The maximum atomic E-state index is 12.9. The van der Waals surface area contributed by atoms with E-state index in [1.54, 1.807) is 24.3 Å². The maximum Gasteiger partial charge on any atom is 0.253 e. The number of rotatable bonds is 5. The highest BCUT2D eigenvalue weighted by molar-refractivity contribution is 5.97. The summed E-state index contributed by atoms with van der Waals surface area (Å²) in [6.07, 6.45) is 1.95. The van der Waals surface area contributed by atoms with E-state index in [-0.39, 0.29) is 23.7 Å². The summed E-state index contributed by atoms with van der Waals surface area (Å²) in [7, 11) is 0. The lowest BCUT2D eigenvalue weighted by atomic mass is 10.1. The van der Waals surface area contributed by atoms with Crippen molar-refractivity contribution >= 4 is 23.3 Å². The van der Waals surface area contributed by atoms with Crippen molar-refractivity contribution in [2.75, 3.05) is 36.4 Å². The Labute approximate surface area is 177 Å². The lowest BCUT2D eigenvalue weighted by molar-refractivity contribution is -0.117. The van der Waals surface area contributed by atoms with Gasteiger partial charge in [0.15, 0.2) is 0 Å². The molecule has 7 heteroatoms. The van der Waals surface area contributed by atoms with E-state index in [1.165, 1.54) is 0 Å². The van der Waals surface area contributed by atoms with Crippen LogP contribution in [0.3, 0.4) is 0 Å². The smallest absolute Gasteiger partial charge is 0.253 e. The van der Waals surface area contributed by atoms with E-state index in [0.29, 0.717) is 18.7 Å². The third-order valence-corrected chi connectivity index (χ3v) is 5.61. The van der Waals surface area contributed by atoms with Crippen LogP contribution in [0.25, 0.3) is 0 Å². The van der Waals surface area contributed by atoms with E-state index < -0.39 is 0 Å². The molecule has 1 N–H and O–H groups in total. The van der Waals surface area contributed by atoms with Crippen molar-refractivity contribution in [2.24, 2.45) is 5.92 Å². The molecule has 0 bridgehead atoms. The summed E-state index contributed by atoms with van der Waals surface area (Å²) in [5, 5.41) is 2.91. The third-order valence-electron chi connectivity index (χ3n) is 5.61. The molecule has 2 aromatic rings. The zero-order chi connectivity index (χ0) is 21.3. The van der Waals surface area contributed by atoms with Gasteiger partial charge in [0, 0.05) is 61.0 Å². The van der Waals surface area contributed by atoms with E-state index in [9.17, 15) is 9.59 Å².